The molecule has 7 heteroatoms. The summed E-state index contributed by atoms with van der Waals surface area (Å²) >= 11 is 5.87. The molecule has 0 saturated carbocycles. The van der Waals surface area contributed by atoms with Gasteiger partial charge >= 0.3 is 0 Å². The van der Waals surface area contributed by atoms with Gasteiger partial charge in [-0.2, -0.15) is 0 Å². The van der Waals surface area contributed by atoms with Crippen LogP contribution in [0.25, 0.3) is 0 Å². The first-order valence-corrected chi connectivity index (χ1v) is 10.4. The van der Waals surface area contributed by atoms with Crippen LogP contribution in [0.2, 0.25) is 5.02 Å². The van der Waals surface area contributed by atoms with Crippen molar-refractivity contribution < 1.29 is 14.4 Å². The molecule has 0 atom stereocenters. The molecule has 30 heavy (non-hydrogen) atoms. The Morgan fingerprint density at radius 1 is 1.03 bits per heavy atom. The summed E-state index contributed by atoms with van der Waals surface area (Å²) in [5.74, 6) is -0.664. The Labute approximate surface area is 181 Å². The van der Waals surface area contributed by atoms with Crippen LogP contribution in [0, 0.1) is 19.8 Å². The maximum atomic E-state index is 12.6. The fourth-order valence-corrected chi connectivity index (χ4v) is 3.64. The van der Waals surface area contributed by atoms with Gasteiger partial charge in [0, 0.05) is 35.3 Å². The highest BCUT2D eigenvalue weighted by Gasteiger charge is 2.28. The van der Waals surface area contributed by atoms with E-state index in [1.807, 2.05) is 32.0 Å². The molecule has 0 aromatic heterocycles. The molecular formula is C23H26ClN3O3. The maximum absolute atomic E-state index is 12.6. The van der Waals surface area contributed by atoms with Crippen molar-refractivity contribution in [1.82, 2.24) is 10.2 Å². The fraction of sp³-hybridized carbons (Fsp3) is 0.348. The van der Waals surface area contributed by atoms with Crippen molar-refractivity contribution in [2.24, 2.45) is 5.92 Å². The first-order valence-electron chi connectivity index (χ1n) is 10.0. The third-order valence-electron chi connectivity index (χ3n) is 5.55. The molecule has 1 heterocycles. The maximum Gasteiger partial charge on any atom is 0.253 e. The van der Waals surface area contributed by atoms with Gasteiger partial charge in [-0.15, -0.1) is 0 Å². The molecule has 0 aliphatic carbocycles. The number of aryl methyl sites for hydroxylation is 1. The largest absolute Gasteiger partial charge is 0.347 e. The van der Waals surface area contributed by atoms with E-state index in [4.69, 9.17) is 11.6 Å². The Hall–Kier alpha value is -2.86. The average molecular weight is 428 g/mol. The number of carbonyl (C=O) groups excluding carboxylic acids is 3. The molecule has 3 rings (SSSR count). The second kappa shape index (κ2) is 9.76. The van der Waals surface area contributed by atoms with Crippen LogP contribution in [-0.4, -0.2) is 42.3 Å². The number of nitrogens with one attached hydrogen (secondary N) is 2. The van der Waals surface area contributed by atoms with Crippen molar-refractivity contribution in [3.63, 3.8) is 0 Å². The molecule has 2 aromatic rings. The molecule has 0 unspecified atom stereocenters. The SMILES string of the molecule is Cc1cccc(NC(=O)CNC(=O)C2CCN(C(=O)c3ccc(Cl)cc3)CC2)c1C. The average Bonchev–Trinajstić information content (AvgIpc) is 2.75. The zero-order valence-electron chi connectivity index (χ0n) is 17.2. The summed E-state index contributed by atoms with van der Waals surface area (Å²) in [5, 5.41) is 6.14. The van der Waals surface area contributed by atoms with Crippen molar-refractivity contribution in [3.05, 3.63) is 64.2 Å². The summed E-state index contributed by atoms with van der Waals surface area (Å²) in [6.07, 6.45) is 1.15. The number of nitrogens with zero attached hydrogens (tertiary/aromatic N) is 1. The van der Waals surface area contributed by atoms with Gasteiger partial charge in [0.25, 0.3) is 5.91 Å². The van der Waals surface area contributed by atoms with Crippen LogP contribution in [0.15, 0.2) is 42.5 Å². The number of anilines is 1. The highest BCUT2D eigenvalue weighted by atomic mass is 35.5. The van der Waals surface area contributed by atoms with E-state index in [2.05, 4.69) is 10.6 Å². The molecule has 1 saturated heterocycles. The van der Waals surface area contributed by atoms with Crippen LogP contribution < -0.4 is 10.6 Å². The number of benzene rings is 2. The van der Waals surface area contributed by atoms with Crippen LogP contribution in [0.4, 0.5) is 5.69 Å². The minimum atomic E-state index is -0.257. The molecule has 3 amide bonds. The van der Waals surface area contributed by atoms with Crippen molar-refractivity contribution in [3.8, 4) is 0 Å². The zero-order chi connectivity index (χ0) is 21.7. The molecule has 6 nitrogen and oxygen atoms in total. The van der Waals surface area contributed by atoms with Gasteiger partial charge < -0.3 is 15.5 Å². The van der Waals surface area contributed by atoms with E-state index in [9.17, 15) is 14.4 Å². The first-order chi connectivity index (χ1) is 14.3. The molecule has 0 bridgehead atoms. The van der Waals surface area contributed by atoms with Gasteiger partial charge in [0.05, 0.1) is 6.54 Å². The van der Waals surface area contributed by atoms with Gasteiger partial charge in [-0.1, -0.05) is 23.7 Å². The van der Waals surface area contributed by atoms with E-state index in [0.717, 1.165) is 16.8 Å². The lowest BCUT2D eigenvalue weighted by atomic mass is 9.95. The lowest BCUT2D eigenvalue weighted by Gasteiger charge is -2.31. The summed E-state index contributed by atoms with van der Waals surface area (Å²) in [6, 6.07) is 12.5. The molecule has 158 valence electrons. The monoisotopic (exact) mass is 427 g/mol. The summed E-state index contributed by atoms with van der Waals surface area (Å²) < 4.78 is 0. The zero-order valence-corrected chi connectivity index (χ0v) is 18.0. The Morgan fingerprint density at radius 2 is 1.70 bits per heavy atom. The van der Waals surface area contributed by atoms with Crippen molar-refractivity contribution in [1.29, 1.82) is 0 Å². The van der Waals surface area contributed by atoms with Gasteiger partial charge in [0.2, 0.25) is 11.8 Å². The Bertz CT molecular complexity index is 935. The van der Waals surface area contributed by atoms with Gasteiger partial charge in [0.15, 0.2) is 0 Å². The van der Waals surface area contributed by atoms with Crippen LogP contribution in [0.5, 0.6) is 0 Å². The smallest absolute Gasteiger partial charge is 0.253 e. The van der Waals surface area contributed by atoms with Crippen LogP contribution in [-0.2, 0) is 9.59 Å². The Morgan fingerprint density at radius 3 is 2.37 bits per heavy atom. The molecule has 1 aliphatic heterocycles. The number of hydrogen-bond donors (Lipinski definition) is 2. The van der Waals surface area contributed by atoms with Crippen LogP contribution in [0.3, 0.4) is 0 Å². The van der Waals surface area contributed by atoms with E-state index in [1.165, 1.54) is 0 Å². The second-order valence-corrected chi connectivity index (χ2v) is 8.02. The third kappa shape index (κ3) is 5.39. The fourth-order valence-electron chi connectivity index (χ4n) is 3.51. The van der Waals surface area contributed by atoms with Gasteiger partial charge in [0.1, 0.15) is 0 Å². The topological polar surface area (TPSA) is 78.5 Å². The van der Waals surface area contributed by atoms with E-state index in [0.29, 0.717) is 36.5 Å². The van der Waals surface area contributed by atoms with E-state index in [-0.39, 0.29) is 30.2 Å². The number of halogens is 1. The first kappa shape index (κ1) is 21.8. The van der Waals surface area contributed by atoms with Gasteiger partial charge in [-0.3, -0.25) is 14.4 Å². The quantitative estimate of drug-likeness (QED) is 0.765. The number of piperidine rings is 1. The second-order valence-electron chi connectivity index (χ2n) is 7.59. The number of carbonyl (C=O) groups is 3. The highest BCUT2D eigenvalue weighted by Crippen LogP contribution is 2.20. The molecule has 1 fully saturated rings. The normalized spacial score (nSPS) is 14.3. The molecular weight excluding hydrogens is 402 g/mol. The summed E-state index contributed by atoms with van der Waals surface area (Å²) in [4.78, 5) is 39.0. The molecule has 2 N–H and O–H groups in total. The minimum absolute atomic E-state index is 0.0570. The lowest BCUT2D eigenvalue weighted by molar-refractivity contribution is -0.128. The minimum Gasteiger partial charge on any atom is -0.347 e. The predicted molar refractivity (Wildman–Crippen MR) is 118 cm³/mol. The van der Waals surface area contributed by atoms with Crippen LogP contribution >= 0.6 is 11.6 Å². The number of likely N-dealkylation sites (tertiary alicyclic amines) is 1. The van der Waals surface area contributed by atoms with E-state index < -0.39 is 0 Å². The molecule has 2 aromatic carbocycles. The number of rotatable bonds is 5. The summed E-state index contributed by atoms with van der Waals surface area (Å²) in [7, 11) is 0. The predicted octanol–water partition coefficient (Wildman–Crippen LogP) is 3.56. The van der Waals surface area contributed by atoms with Crippen molar-refractivity contribution in [2.45, 2.75) is 26.7 Å². The van der Waals surface area contributed by atoms with Crippen LogP contribution in [0.1, 0.15) is 34.3 Å². The van der Waals surface area contributed by atoms with Gasteiger partial charge in [-0.05, 0) is 68.1 Å². The summed E-state index contributed by atoms with van der Waals surface area (Å²) in [6.45, 7) is 4.87. The molecule has 0 spiro atoms. The standard InChI is InChI=1S/C23H26ClN3O3/c1-15-4-3-5-20(16(15)2)26-21(28)14-25-22(29)17-10-12-27(13-11-17)23(30)18-6-8-19(24)9-7-18/h3-9,17H,10-14H2,1-2H3,(H,25,29)(H,26,28). The molecule has 0 radical (unpaired) electrons. The Balaban J connectivity index is 1.45. The number of hydrogen-bond acceptors (Lipinski definition) is 3. The number of amides is 3. The van der Waals surface area contributed by atoms with Crippen molar-refractivity contribution in [2.75, 3.05) is 25.0 Å². The Kier molecular flexibility index (Phi) is 7.11. The van der Waals surface area contributed by atoms with E-state index in [1.54, 1.807) is 29.2 Å². The van der Waals surface area contributed by atoms with Gasteiger partial charge in [-0.25, -0.2) is 0 Å². The lowest BCUT2D eigenvalue weighted by Crippen LogP contribution is -2.44. The molecule has 1 aliphatic rings. The highest BCUT2D eigenvalue weighted by molar-refractivity contribution is 6.30. The van der Waals surface area contributed by atoms with Crippen molar-refractivity contribution >= 4 is 35.0 Å². The summed E-state index contributed by atoms with van der Waals surface area (Å²) in [5.41, 5.74) is 3.44. The van der Waals surface area contributed by atoms with E-state index >= 15 is 0 Å². The third-order valence-corrected chi connectivity index (χ3v) is 5.80.